The molecule has 1 fully saturated rings. The van der Waals surface area contributed by atoms with Crippen LogP contribution >= 0.6 is 22.6 Å². The van der Waals surface area contributed by atoms with Crippen molar-refractivity contribution in [1.29, 1.82) is 0 Å². The second-order valence-corrected chi connectivity index (χ2v) is 5.97. The van der Waals surface area contributed by atoms with Gasteiger partial charge in [0.1, 0.15) is 3.70 Å². The molecule has 3 heterocycles. The van der Waals surface area contributed by atoms with Gasteiger partial charge >= 0.3 is 5.97 Å². The van der Waals surface area contributed by atoms with Gasteiger partial charge in [-0.3, -0.25) is 0 Å². The summed E-state index contributed by atoms with van der Waals surface area (Å²) in [6.45, 7) is 2.88. The first kappa shape index (κ1) is 14.7. The van der Waals surface area contributed by atoms with E-state index in [1.807, 2.05) is 0 Å². The van der Waals surface area contributed by atoms with Crippen molar-refractivity contribution in [2.75, 3.05) is 13.2 Å². The zero-order chi connectivity index (χ0) is 14.8. The molecule has 0 aliphatic carbocycles. The Bertz CT molecular complexity index is 665. The molecule has 3 rings (SSSR count). The zero-order valence-electron chi connectivity index (χ0n) is 11.7. The van der Waals surface area contributed by atoms with E-state index < -0.39 is 0 Å². The monoisotopic (exact) mass is 401 g/mol. The van der Waals surface area contributed by atoms with Crippen molar-refractivity contribution < 1.29 is 14.3 Å². The van der Waals surface area contributed by atoms with E-state index >= 15 is 0 Å². The first-order chi connectivity index (χ1) is 10.2. The fraction of sp³-hybridized carbons (Fsp3) is 0.500. The molecule has 21 heavy (non-hydrogen) atoms. The Labute approximate surface area is 136 Å². The molecule has 0 N–H and O–H groups in total. The minimum absolute atomic E-state index is 0.100. The summed E-state index contributed by atoms with van der Waals surface area (Å²) in [7, 11) is 0. The molecule has 0 saturated carbocycles. The summed E-state index contributed by atoms with van der Waals surface area (Å²) in [6.07, 6.45) is 4.67. The number of fused-ring (bicyclic) bond motifs is 1. The van der Waals surface area contributed by atoms with Crippen molar-refractivity contribution in [2.45, 2.75) is 32.4 Å². The Morgan fingerprint density at radius 1 is 1.57 bits per heavy atom. The van der Waals surface area contributed by atoms with Gasteiger partial charge in [0.05, 0.1) is 23.8 Å². The molecule has 1 aliphatic rings. The summed E-state index contributed by atoms with van der Waals surface area (Å²) in [6, 6.07) is 1.73. The first-order valence-electron chi connectivity index (χ1n) is 7.03. The van der Waals surface area contributed by atoms with E-state index in [0.717, 1.165) is 29.6 Å². The Balaban J connectivity index is 2.06. The third-order valence-corrected chi connectivity index (χ3v) is 4.01. The number of ether oxygens (including phenoxy) is 2. The average molecular weight is 401 g/mol. The molecule has 6 nitrogen and oxygen atoms in total. The van der Waals surface area contributed by atoms with Gasteiger partial charge in [-0.2, -0.15) is 5.10 Å². The van der Waals surface area contributed by atoms with E-state index in [9.17, 15) is 4.79 Å². The van der Waals surface area contributed by atoms with E-state index in [2.05, 4.69) is 32.7 Å². The average Bonchev–Trinajstić information content (AvgIpc) is 2.91. The molecular formula is C14H16IN3O3. The van der Waals surface area contributed by atoms with E-state index in [1.54, 1.807) is 23.9 Å². The maximum atomic E-state index is 12.1. The molecule has 0 spiro atoms. The predicted octanol–water partition coefficient (Wildman–Crippen LogP) is 2.91. The quantitative estimate of drug-likeness (QED) is 0.450. The lowest BCUT2D eigenvalue weighted by Crippen LogP contribution is -2.19. The highest BCUT2D eigenvalue weighted by Gasteiger charge is 2.22. The summed E-state index contributed by atoms with van der Waals surface area (Å²) >= 11 is 2.10. The summed E-state index contributed by atoms with van der Waals surface area (Å²) in [5.74, 6) is -0.341. The molecule has 1 unspecified atom stereocenters. The van der Waals surface area contributed by atoms with Gasteiger partial charge in [0.2, 0.25) is 0 Å². The highest BCUT2D eigenvalue weighted by Crippen LogP contribution is 2.27. The van der Waals surface area contributed by atoms with Gasteiger partial charge in [0.25, 0.3) is 0 Å². The second-order valence-electron chi connectivity index (χ2n) is 4.86. The number of pyridine rings is 1. The Morgan fingerprint density at radius 2 is 2.43 bits per heavy atom. The Kier molecular flexibility index (Phi) is 4.39. The molecular weight excluding hydrogens is 385 g/mol. The van der Waals surface area contributed by atoms with Crippen LogP contribution in [0.5, 0.6) is 0 Å². The highest BCUT2D eigenvalue weighted by atomic mass is 127. The Morgan fingerprint density at radius 3 is 3.14 bits per heavy atom. The van der Waals surface area contributed by atoms with Gasteiger partial charge in [-0.25, -0.2) is 14.5 Å². The van der Waals surface area contributed by atoms with Crippen LogP contribution in [0.25, 0.3) is 11.0 Å². The molecule has 2 aromatic rings. The SMILES string of the molecule is CCOC(=O)c1cc(I)nc2c1cnn2C1CCCCO1. The van der Waals surface area contributed by atoms with Crippen molar-refractivity contribution in [1.82, 2.24) is 14.8 Å². The standard InChI is InChI=1S/C14H16IN3O3/c1-2-20-14(19)9-7-11(15)17-13-10(9)8-16-18(13)12-5-3-4-6-21-12/h7-8,12H,2-6H2,1H3. The van der Waals surface area contributed by atoms with Crippen LogP contribution in [-0.2, 0) is 9.47 Å². The van der Waals surface area contributed by atoms with Gasteiger partial charge < -0.3 is 9.47 Å². The van der Waals surface area contributed by atoms with Crippen LogP contribution in [-0.4, -0.2) is 33.9 Å². The molecule has 112 valence electrons. The third-order valence-electron chi connectivity index (χ3n) is 3.46. The topological polar surface area (TPSA) is 66.2 Å². The van der Waals surface area contributed by atoms with Crippen LogP contribution in [0.3, 0.4) is 0 Å². The molecule has 0 bridgehead atoms. The Hall–Kier alpha value is -1.22. The van der Waals surface area contributed by atoms with Gasteiger partial charge in [0.15, 0.2) is 11.9 Å². The van der Waals surface area contributed by atoms with Crippen LogP contribution in [0.15, 0.2) is 12.3 Å². The van der Waals surface area contributed by atoms with Crippen molar-refractivity contribution >= 4 is 39.6 Å². The molecule has 2 aromatic heterocycles. The number of halogens is 1. The highest BCUT2D eigenvalue weighted by molar-refractivity contribution is 14.1. The smallest absolute Gasteiger partial charge is 0.339 e. The number of carbonyl (C=O) groups is 1. The van der Waals surface area contributed by atoms with Crippen molar-refractivity contribution in [3.63, 3.8) is 0 Å². The number of aromatic nitrogens is 3. The largest absolute Gasteiger partial charge is 0.462 e. The summed E-state index contributed by atoms with van der Waals surface area (Å²) in [5, 5.41) is 5.09. The van der Waals surface area contributed by atoms with Crippen molar-refractivity contribution in [3.05, 3.63) is 21.5 Å². The maximum Gasteiger partial charge on any atom is 0.339 e. The molecule has 1 atom stereocenters. The number of nitrogens with zero attached hydrogens (tertiary/aromatic N) is 3. The van der Waals surface area contributed by atoms with Gasteiger partial charge in [-0.1, -0.05) is 0 Å². The van der Waals surface area contributed by atoms with Gasteiger partial charge in [-0.15, -0.1) is 0 Å². The minimum Gasteiger partial charge on any atom is -0.462 e. The second kappa shape index (κ2) is 6.27. The number of hydrogen-bond donors (Lipinski definition) is 0. The summed E-state index contributed by atoms with van der Waals surface area (Å²) < 4.78 is 13.4. The van der Waals surface area contributed by atoms with E-state index in [4.69, 9.17) is 9.47 Å². The zero-order valence-corrected chi connectivity index (χ0v) is 13.9. The fourth-order valence-electron chi connectivity index (χ4n) is 2.49. The molecule has 1 aliphatic heterocycles. The van der Waals surface area contributed by atoms with E-state index in [0.29, 0.717) is 23.2 Å². The van der Waals surface area contributed by atoms with E-state index in [1.165, 1.54) is 0 Å². The van der Waals surface area contributed by atoms with Crippen molar-refractivity contribution in [3.8, 4) is 0 Å². The first-order valence-corrected chi connectivity index (χ1v) is 8.11. The third kappa shape index (κ3) is 2.89. The van der Waals surface area contributed by atoms with Crippen LogP contribution in [0.4, 0.5) is 0 Å². The number of rotatable bonds is 3. The lowest BCUT2D eigenvalue weighted by molar-refractivity contribution is -0.0370. The van der Waals surface area contributed by atoms with Crippen LogP contribution in [0.2, 0.25) is 0 Å². The lowest BCUT2D eigenvalue weighted by atomic mass is 10.2. The number of hydrogen-bond acceptors (Lipinski definition) is 5. The van der Waals surface area contributed by atoms with Crippen LogP contribution < -0.4 is 0 Å². The fourth-order valence-corrected chi connectivity index (χ4v) is 3.03. The molecule has 1 saturated heterocycles. The number of carbonyl (C=O) groups excluding carboxylic acids is 1. The molecule has 0 aromatic carbocycles. The lowest BCUT2D eigenvalue weighted by Gasteiger charge is -2.23. The molecule has 0 amide bonds. The van der Waals surface area contributed by atoms with E-state index in [-0.39, 0.29) is 12.2 Å². The summed E-state index contributed by atoms with van der Waals surface area (Å²) in [5.41, 5.74) is 1.19. The van der Waals surface area contributed by atoms with Crippen LogP contribution in [0.1, 0.15) is 42.8 Å². The van der Waals surface area contributed by atoms with Gasteiger partial charge in [-0.05, 0) is 54.8 Å². The predicted molar refractivity (Wildman–Crippen MR) is 85.0 cm³/mol. The van der Waals surface area contributed by atoms with Crippen LogP contribution in [0, 0.1) is 3.70 Å². The normalized spacial score (nSPS) is 18.9. The number of esters is 1. The van der Waals surface area contributed by atoms with Gasteiger partial charge in [0, 0.05) is 6.61 Å². The minimum atomic E-state index is -0.341. The molecule has 0 radical (unpaired) electrons. The van der Waals surface area contributed by atoms with Crippen molar-refractivity contribution in [2.24, 2.45) is 0 Å². The summed E-state index contributed by atoms with van der Waals surface area (Å²) in [4.78, 5) is 16.6. The maximum absolute atomic E-state index is 12.1. The molecule has 7 heteroatoms.